The second-order valence-electron chi connectivity index (χ2n) is 4.72. The Morgan fingerprint density at radius 3 is 2.33 bits per heavy atom. The Morgan fingerprint density at radius 2 is 2.00 bits per heavy atom. The van der Waals surface area contributed by atoms with E-state index in [4.69, 9.17) is 15.5 Å². The van der Waals surface area contributed by atoms with Crippen molar-refractivity contribution in [3.05, 3.63) is 0 Å². The van der Waals surface area contributed by atoms with E-state index in [2.05, 4.69) is 9.84 Å². The largest absolute Gasteiger partial charge is 0.469 e. The highest BCUT2D eigenvalue weighted by atomic mass is 31.2. The molecule has 1 rings (SSSR count). The van der Waals surface area contributed by atoms with Crippen molar-refractivity contribution >= 4 is 25.5 Å². The molecule has 0 spiro atoms. The van der Waals surface area contributed by atoms with E-state index < -0.39 is 43.7 Å². The van der Waals surface area contributed by atoms with Crippen molar-refractivity contribution in [2.45, 2.75) is 38.5 Å². The van der Waals surface area contributed by atoms with Crippen LogP contribution in [-0.4, -0.2) is 57.1 Å². The highest BCUT2D eigenvalue weighted by Gasteiger charge is 2.42. The fourth-order valence-corrected chi connectivity index (χ4v) is 2.56. The first-order valence-corrected chi connectivity index (χ1v) is 7.67. The van der Waals surface area contributed by atoms with E-state index in [0.29, 0.717) is 6.42 Å². The first-order valence-electron chi connectivity index (χ1n) is 6.13. The van der Waals surface area contributed by atoms with E-state index in [1.165, 1.54) is 6.92 Å². The molecule has 120 valence electrons. The maximum Gasteiger partial charge on any atom is 0.469 e. The Bertz CT molecular complexity index is 491. The minimum absolute atomic E-state index is 0.269. The SMILES string of the molecule is CC(=O)N[C@H](C(=O)N1CC[C@H]1C(N)=O)[C@@H](C)OP(=O)(O)O. The van der Waals surface area contributed by atoms with E-state index >= 15 is 0 Å². The van der Waals surface area contributed by atoms with Gasteiger partial charge in [-0.2, -0.15) is 0 Å². The third-order valence-electron chi connectivity index (χ3n) is 3.03. The smallest absolute Gasteiger partial charge is 0.368 e. The lowest BCUT2D eigenvalue weighted by Gasteiger charge is -2.41. The molecule has 1 heterocycles. The molecule has 10 nitrogen and oxygen atoms in total. The molecule has 3 atom stereocenters. The van der Waals surface area contributed by atoms with E-state index in [9.17, 15) is 18.9 Å². The number of nitrogens with one attached hydrogen (secondary N) is 1. The van der Waals surface area contributed by atoms with Gasteiger partial charge in [0.05, 0.1) is 6.10 Å². The molecule has 0 aromatic rings. The predicted molar refractivity (Wildman–Crippen MR) is 69.5 cm³/mol. The summed E-state index contributed by atoms with van der Waals surface area (Å²) in [6, 6.07) is -2.10. The van der Waals surface area contributed by atoms with Crippen molar-refractivity contribution in [1.82, 2.24) is 10.2 Å². The molecular weight excluding hydrogens is 305 g/mol. The number of likely N-dealkylation sites (tertiary alicyclic amines) is 1. The normalized spacial score (nSPS) is 21.1. The molecule has 0 radical (unpaired) electrons. The number of carbonyl (C=O) groups is 3. The van der Waals surface area contributed by atoms with Crippen LogP contribution in [0.3, 0.4) is 0 Å². The molecule has 1 saturated heterocycles. The molecule has 1 aliphatic heterocycles. The van der Waals surface area contributed by atoms with Gasteiger partial charge in [-0.15, -0.1) is 0 Å². The van der Waals surface area contributed by atoms with Gasteiger partial charge in [-0.1, -0.05) is 0 Å². The van der Waals surface area contributed by atoms with E-state index in [-0.39, 0.29) is 6.54 Å². The van der Waals surface area contributed by atoms with Gasteiger partial charge in [0.15, 0.2) is 0 Å². The van der Waals surface area contributed by atoms with Gasteiger partial charge >= 0.3 is 7.82 Å². The molecule has 0 saturated carbocycles. The standard InChI is InChI=1S/C10H18N3O7P/c1-5(20-21(17,18)19)8(12-6(2)14)10(16)13-4-3-7(13)9(11)15/h5,7-8H,3-4H2,1-2H3,(H2,11,15)(H,12,14)(H2,17,18,19)/t5-,7+,8+/m1/s1. The number of nitrogens with zero attached hydrogens (tertiary/aromatic N) is 1. The number of hydrogen-bond acceptors (Lipinski definition) is 5. The molecule has 0 aromatic heterocycles. The van der Waals surface area contributed by atoms with Crippen molar-refractivity contribution in [3.63, 3.8) is 0 Å². The van der Waals surface area contributed by atoms with E-state index in [0.717, 1.165) is 11.8 Å². The van der Waals surface area contributed by atoms with Crippen LogP contribution in [-0.2, 0) is 23.5 Å². The summed E-state index contributed by atoms with van der Waals surface area (Å²) < 4.78 is 15.3. The van der Waals surface area contributed by atoms with E-state index in [1.54, 1.807) is 0 Å². The Balaban J connectivity index is 2.86. The summed E-state index contributed by atoms with van der Waals surface area (Å²) in [6.45, 7) is 2.65. The van der Waals surface area contributed by atoms with Crippen molar-refractivity contribution in [2.75, 3.05) is 6.54 Å². The first kappa shape index (κ1) is 17.6. The van der Waals surface area contributed by atoms with Gasteiger partial charge in [0.25, 0.3) is 0 Å². The van der Waals surface area contributed by atoms with Gasteiger partial charge < -0.3 is 25.7 Å². The number of carbonyl (C=O) groups excluding carboxylic acids is 3. The van der Waals surface area contributed by atoms with Crippen molar-refractivity contribution in [3.8, 4) is 0 Å². The van der Waals surface area contributed by atoms with Crippen molar-refractivity contribution in [1.29, 1.82) is 0 Å². The van der Waals surface area contributed by atoms with Crippen molar-refractivity contribution < 1.29 is 33.3 Å². The first-order chi connectivity index (χ1) is 9.53. The third kappa shape index (κ3) is 4.78. The second-order valence-corrected chi connectivity index (χ2v) is 5.91. The molecule has 1 aliphatic rings. The summed E-state index contributed by atoms with van der Waals surface area (Å²) in [4.78, 5) is 53.3. The number of primary amides is 1. The molecule has 0 aliphatic carbocycles. The molecule has 21 heavy (non-hydrogen) atoms. The van der Waals surface area contributed by atoms with Crippen LogP contribution in [0.2, 0.25) is 0 Å². The van der Waals surface area contributed by atoms with Crippen LogP contribution in [0, 0.1) is 0 Å². The molecule has 3 amide bonds. The number of nitrogens with two attached hydrogens (primary N) is 1. The van der Waals surface area contributed by atoms with Crippen LogP contribution in [0.5, 0.6) is 0 Å². The van der Waals surface area contributed by atoms with Crippen LogP contribution >= 0.6 is 7.82 Å². The lowest BCUT2D eigenvalue weighted by molar-refractivity contribution is -0.150. The van der Waals surface area contributed by atoms with Crippen LogP contribution in [0.4, 0.5) is 0 Å². The summed E-state index contributed by atoms with van der Waals surface area (Å²) in [5.41, 5.74) is 5.13. The number of rotatable bonds is 6. The molecule has 1 fully saturated rings. The summed E-state index contributed by atoms with van der Waals surface area (Å²) in [5.74, 6) is -1.94. The number of hydrogen-bond donors (Lipinski definition) is 4. The maximum atomic E-state index is 12.3. The number of amides is 3. The van der Waals surface area contributed by atoms with Crippen LogP contribution in [0.1, 0.15) is 20.3 Å². The van der Waals surface area contributed by atoms with Crippen molar-refractivity contribution in [2.24, 2.45) is 5.73 Å². The molecular formula is C10H18N3O7P. The van der Waals surface area contributed by atoms with Crippen LogP contribution < -0.4 is 11.1 Å². The Kier molecular flexibility index (Phi) is 5.46. The van der Waals surface area contributed by atoms with Gasteiger partial charge in [-0.25, -0.2) is 4.57 Å². The Morgan fingerprint density at radius 1 is 1.43 bits per heavy atom. The average molecular weight is 323 g/mol. The van der Waals surface area contributed by atoms with Gasteiger partial charge in [0.2, 0.25) is 17.7 Å². The molecule has 0 unspecified atom stereocenters. The summed E-state index contributed by atoms with van der Waals surface area (Å²) in [7, 11) is -4.83. The summed E-state index contributed by atoms with van der Waals surface area (Å²) in [6.07, 6.45) is -0.877. The van der Waals surface area contributed by atoms with Crippen LogP contribution in [0.25, 0.3) is 0 Å². The average Bonchev–Trinajstić information content (AvgIpc) is 2.20. The highest BCUT2D eigenvalue weighted by Crippen LogP contribution is 2.38. The van der Waals surface area contributed by atoms with Gasteiger partial charge in [-0.05, 0) is 13.3 Å². The lowest BCUT2D eigenvalue weighted by atomic mass is 9.99. The zero-order chi connectivity index (χ0) is 16.4. The fourth-order valence-electron chi connectivity index (χ4n) is 2.00. The second kappa shape index (κ2) is 6.52. The monoisotopic (exact) mass is 323 g/mol. The lowest BCUT2D eigenvalue weighted by Crippen LogP contribution is -2.63. The predicted octanol–water partition coefficient (Wildman–Crippen LogP) is -1.92. The molecule has 0 bridgehead atoms. The zero-order valence-electron chi connectivity index (χ0n) is 11.6. The molecule has 5 N–H and O–H groups in total. The number of phosphoric ester groups is 1. The summed E-state index contributed by atoms with van der Waals surface area (Å²) in [5, 5.41) is 2.26. The highest BCUT2D eigenvalue weighted by molar-refractivity contribution is 7.46. The summed E-state index contributed by atoms with van der Waals surface area (Å²) >= 11 is 0. The molecule has 0 aromatic carbocycles. The Hall–Kier alpha value is -1.48. The third-order valence-corrected chi connectivity index (χ3v) is 3.64. The maximum absolute atomic E-state index is 12.3. The Labute approximate surface area is 120 Å². The van der Waals surface area contributed by atoms with Gasteiger partial charge in [0.1, 0.15) is 12.1 Å². The van der Waals surface area contributed by atoms with E-state index in [1.807, 2.05) is 0 Å². The molecule has 11 heteroatoms. The fraction of sp³-hybridized carbons (Fsp3) is 0.700. The quantitative estimate of drug-likeness (QED) is 0.414. The number of phosphoric acid groups is 1. The topological polar surface area (TPSA) is 159 Å². The van der Waals surface area contributed by atoms with Crippen LogP contribution in [0.15, 0.2) is 0 Å². The minimum atomic E-state index is -4.83. The minimum Gasteiger partial charge on any atom is -0.368 e. The van der Waals surface area contributed by atoms with Gasteiger partial charge in [-0.3, -0.25) is 18.9 Å². The zero-order valence-corrected chi connectivity index (χ0v) is 12.4. The van der Waals surface area contributed by atoms with Gasteiger partial charge in [0, 0.05) is 13.5 Å².